The molecule has 1 aliphatic rings. The molecule has 0 saturated heterocycles. The second-order valence-corrected chi connectivity index (χ2v) is 6.29. The molecule has 4 heteroatoms. The lowest BCUT2D eigenvalue weighted by Gasteiger charge is -2.08. The second kappa shape index (κ2) is 8.54. The Morgan fingerprint density at radius 1 is 0.885 bits per heavy atom. The Bertz CT molecular complexity index is 952. The van der Waals surface area contributed by atoms with Crippen LogP contribution in [0.1, 0.15) is 53.9 Å². The SMILES string of the molecule is Fc1cc(C#CN=C=S)cc(F)c1C#Cc1ccc(C2CCCC2)cc1. The molecule has 2 aromatic rings. The van der Waals surface area contributed by atoms with Gasteiger partial charge in [0.2, 0.25) is 0 Å². The summed E-state index contributed by atoms with van der Waals surface area (Å²) < 4.78 is 28.2. The molecule has 1 fully saturated rings. The van der Waals surface area contributed by atoms with Crippen molar-refractivity contribution >= 4 is 17.4 Å². The largest absolute Gasteiger partial charge is 0.205 e. The Hall–Kier alpha value is -2.78. The van der Waals surface area contributed by atoms with Crippen molar-refractivity contribution in [3.63, 3.8) is 0 Å². The maximum Gasteiger partial charge on any atom is 0.143 e. The molecule has 0 N–H and O–H groups in total. The Balaban J connectivity index is 1.81. The van der Waals surface area contributed by atoms with Gasteiger partial charge in [-0.3, -0.25) is 0 Å². The topological polar surface area (TPSA) is 12.4 Å². The molecular weight excluding hydrogens is 348 g/mol. The number of aliphatic imine (C=N–C) groups is 1. The van der Waals surface area contributed by atoms with Gasteiger partial charge in [0.1, 0.15) is 11.6 Å². The number of benzene rings is 2. The first-order chi connectivity index (χ1) is 12.7. The molecule has 0 bridgehead atoms. The summed E-state index contributed by atoms with van der Waals surface area (Å²) in [4.78, 5) is 3.39. The number of hydrogen-bond donors (Lipinski definition) is 0. The van der Waals surface area contributed by atoms with Crippen LogP contribution >= 0.6 is 12.2 Å². The van der Waals surface area contributed by atoms with E-state index < -0.39 is 11.6 Å². The van der Waals surface area contributed by atoms with E-state index in [0.29, 0.717) is 5.92 Å². The first-order valence-corrected chi connectivity index (χ1v) is 8.77. The van der Waals surface area contributed by atoms with Crippen LogP contribution in [0, 0.1) is 35.4 Å². The van der Waals surface area contributed by atoms with Gasteiger partial charge in [0, 0.05) is 11.1 Å². The van der Waals surface area contributed by atoms with Gasteiger partial charge < -0.3 is 0 Å². The predicted molar refractivity (Wildman–Crippen MR) is 102 cm³/mol. The van der Waals surface area contributed by atoms with E-state index in [1.807, 2.05) is 12.1 Å². The summed E-state index contributed by atoms with van der Waals surface area (Å²) >= 11 is 4.37. The van der Waals surface area contributed by atoms with Crippen molar-refractivity contribution in [1.29, 1.82) is 0 Å². The van der Waals surface area contributed by atoms with Gasteiger partial charge in [-0.1, -0.05) is 36.8 Å². The zero-order valence-electron chi connectivity index (χ0n) is 14.0. The van der Waals surface area contributed by atoms with Gasteiger partial charge in [-0.15, -0.1) is 4.99 Å². The number of rotatable bonds is 1. The third kappa shape index (κ3) is 4.44. The highest BCUT2D eigenvalue weighted by Crippen LogP contribution is 2.33. The van der Waals surface area contributed by atoms with E-state index in [0.717, 1.165) is 17.7 Å². The summed E-state index contributed by atoms with van der Waals surface area (Å²) in [5.74, 6) is 7.01. The summed E-state index contributed by atoms with van der Waals surface area (Å²) in [5.41, 5.74) is 1.94. The quantitative estimate of drug-likeness (QED) is 0.374. The van der Waals surface area contributed by atoms with Gasteiger partial charge in [0.25, 0.3) is 0 Å². The summed E-state index contributed by atoms with van der Waals surface area (Å²) in [6, 6.07) is 12.5. The Labute approximate surface area is 157 Å². The highest BCUT2D eigenvalue weighted by atomic mass is 32.1. The van der Waals surface area contributed by atoms with Crippen molar-refractivity contribution < 1.29 is 8.78 Å². The van der Waals surface area contributed by atoms with Crippen LogP contribution < -0.4 is 0 Å². The van der Waals surface area contributed by atoms with E-state index in [2.05, 4.69) is 58.3 Å². The summed E-state index contributed by atoms with van der Waals surface area (Å²) in [6.07, 6.45) is 5.02. The molecule has 0 heterocycles. The number of nitrogens with zero attached hydrogens (tertiary/aromatic N) is 1. The molecule has 0 unspecified atom stereocenters. The fourth-order valence-electron chi connectivity index (χ4n) is 3.11. The van der Waals surface area contributed by atoms with Crippen LogP contribution in [-0.4, -0.2) is 5.16 Å². The molecule has 3 rings (SSSR count). The van der Waals surface area contributed by atoms with Crippen LogP contribution in [0.25, 0.3) is 0 Å². The first-order valence-electron chi connectivity index (χ1n) is 8.36. The highest BCUT2D eigenvalue weighted by Gasteiger charge is 2.16. The summed E-state index contributed by atoms with van der Waals surface area (Å²) in [6.45, 7) is 0. The standard InChI is InChI=1S/C22H15F2NS/c23-21-13-17(11-12-25-15-26)14-22(24)20(21)10-7-16-5-8-19(9-6-16)18-3-1-2-4-18/h5-6,8-9,13-14,18H,1-4H2. The lowest BCUT2D eigenvalue weighted by Crippen LogP contribution is -1.93. The van der Waals surface area contributed by atoms with Gasteiger partial charge >= 0.3 is 0 Å². The molecule has 0 amide bonds. The van der Waals surface area contributed by atoms with E-state index in [1.54, 1.807) is 0 Å². The van der Waals surface area contributed by atoms with E-state index >= 15 is 0 Å². The Morgan fingerprint density at radius 2 is 1.54 bits per heavy atom. The fourth-order valence-corrected chi connectivity index (χ4v) is 3.16. The lowest BCUT2D eigenvalue weighted by molar-refractivity contribution is 0.577. The minimum absolute atomic E-state index is 0.167. The van der Waals surface area contributed by atoms with Crippen molar-refractivity contribution in [3.8, 4) is 23.8 Å². The van der Waals surface area contributed by atoms with Crippen molar-refractivity contribution in [1.82, 2.24) is 0 Å². The van der Waals surface area contributed by atoms with Crippen LogP contribution in [0.15, 0.2) is 41.4 Å². The Morgan fingerprint density at radius 3 is 2.15 bits per heavy atom. The molecule has 0 atom stereocenters. The highest BCUT2D eigenvalue weighted by molar-refractivity contribution is 7.78. The minimum Gasteiger partial charge on any atom is -0.205 e. The van der Waals surface area contributed by atoms with Gasteiger partial charge in [-0.05, 0) is 66.7 Å². The van der Waals surface area contributed by atoms with E-state index in [-0.39, 0.29) is 11.1 Å². The molecule has 1 saturated carbocycles. The molecule has 1 aliphatic carbocycles. The molecule has 128 valence electrons. The van der Waals surface area contributed by atoms with Crippen molar-refractivity contribution in [2.75, 3.05) is 0 Å². The van der Waals surface area contributed by atoms with Crippen LogP contribution in [0.5, 0.6) is 0 Å². The second-order valence-electron chi connectivity index (χ2n) is 6.11. The molecule has 0 aliphatic heterocycles. The van der Waals surface area contributed by atoms with Crippen LogP contribution in [-0.2, 0) is 0 Å². The van der Waals surface area contributed by atoms with E-state index in [1.165, 1.54) is 31.2 Å². The number of thiocarbonyl (C=S) groups is 1. The average molecular weight is 363 g/mol. The first kappa shape index (κ1) is 18.0. The third-order valence-electron chi connectivity index (χ3n) is 4.41. The maximum atomic E-state index is 14.1. The van der Waals surface area contributed by atoms with Crippen LogP contribution in [0.2, 0.25) is 0 Å². The average Bonchev–Trinajstić information content (AvgIpc) is 3.16. The van der Waals surface area contributed by atoms with Gasteiger partial charge in [0.15, 0.2) is 0 Å². The molecular formula is C22H15F2NS. The maximum absolute atomic E-state index is 14.1. The monoisotopic (exact) mass is 363 g/mol. The fraction of sp³-hybridized carbons (Fsp3) is 0.227. The van der Waals surface area contributed by atoms with Gasteiger partial charge in [-0.2, -0.15) is 0 Å². The van der Waals surface area contributed by atoms with E-state index in [9.17, 15) is 8.78 Å². The molecule has 1 nitrogen and oxygen atoms in total. The predicted octanol–water partition coefficient (Wildman–Crippen LogP) is 5.43. The van der Waals surface area contributed by atoms with Gasteiger partial charge in [0.05, 0.1) is 16.8 Å². The van der Waals surface area contributed by atoms with Crippen molar-refractivity contribution in [2.24, 2.45) is 4.99 Å². The van der Waals surface area contributed by atoms with E-state index in [4.69, 9.17) is 0 Å². The Kier molecular flexibility index (Phi) is 5.92. The molecule has 26 heavy (non-hydrogen) atoms. The number of isothiocyanates is 1. The van der Waals surface area contributed by atoms with Crippen LogP contribution in [0.3, 0.4) is 0 Å². The summed E-state index contributed by atoms with van der Waals surface area (Å²) in [5, 5.41) is 2.06. The zero-order valence-corrected chi connectivity index (χ0v) is 14.8. The molecule has 0 aromatic heterocycles. The van der Waals surface area contributed by atoms with Gasteiger partial charge in [-0.25, -0.2) is 8.78 Å². The number of hydrogen-bond acceptors (Lipinski definition) is 2. The lowest BCUT2D eigenvalue weighted by atomic mass is 9.97. The normalized spacial score (nSPS) is 13.2. The smallest absolute Gasteiger partial charge is 0.143 e. The van der Waals surface area contributed by atoms with Crippen LogP contribution in [0.4, 0.5) is 8.78 Å². The zero-order chi connectivity index (χ0) is 18.4. The molecule has 0 spiro atoms. The minimum atomic E-state index is -0.754. The number of halogens is 2. The molecule has 0 radical (unpaired) electrons. The van der Waals surface area contributed by atoms with Crippen molar-refractivity contribution in [3.05, 3.63) is 70.3 Å². The van der Waals surface area contributed by atoms with Crippen molar-refractivity contribution in [2.45, 2.75) is 31.6 Å². The summed E-state index contributed by atoms with van der Waals surface area (Å²) in [7, 11) is 0. The third-order valence-corrected chi connectivity index (χ3v) is 4.50. The molecule has 2 aromatic carbocycles.